The van der Waals surface area contributed by atoms with Crippen LogP contribution in [0.4, 0.5) is 0 Å². The molecule has 3 aromatic heterocycles. The summed E-state index contributed by atoms with van der Waals surface area (Å²) in [7, 11) is 0. The van der Waals surface area contributed by atoms with E-state index in [2.05, 4.69) is 88.0 Å². The van der Waals surface area contributed by atoms with E-state index in [1.165, 1.54) is 10.4 Å². The zero-order valence-corrected chi connectivity index (χ0v) is 22.9. The van der Waals surface area contributed by atoms with E-state index in [1.54, 1.807) is 11.3 Å². The maximum Gasteiger partial charge on any atom is 0.253 e. The lowest BCUT2D eigenvalue weighted by Crippen LogP contribution is -2.38. The minimum atomic E-state index is -0.497. The molecule has 0 fully saturated rings. The number of H-pyrrole nitrogens is 1. The minimum absolute atomic E-state index is 0.166. The second kappa shape index (κ2) is 10.3. The number of nitrogens with zero attached hydrogens (tertiary/aromatic N) is 5. The Morgan fingerprint density at radius 2 is 1.87 bits per heavy atom. The van der Waals surface area contributed by atoms with Crippen LogP contribution in [0, 0.1) is 0 Å². The van der Waals surface area contributed by atoms with Gasteiger partial charge in [-0.05, 0) is 66.8 Å². The average Bonchev–Trinajstić information content (AvgIpc) is 3.69. The highest BCUT2D eigenvalue weighted by molar-refractivity contribution is 7.09. The summed E-state index contributed by atoms with van der Waals surface area (Å²) in [5.74, 6) is 1.91. The molecule has 0 spiro atoms. The smallest absolute Gasteiger partial charge is 0.253 e. The fourth-order valence-electron chi connectivity index (χ4n) is 4.98. The van der Waals surface area contributed by atoms with Crippen LogP contribution in [0.1, 0.15) is 48.6 Å². The molecule has 1 aliphatic rings. The molecule has 6 rings (SSSR count). The molecule has 0 saturated heterocycles. The van der Waals surface area contributed by atoms with Gasteiger partial charge in [-0.2, -0.15) is 0 Å². The fourth-order valence-corrected chi connectivity index (χ4v) is 5.71. The van der Waals surface area contributed by atoms with Gasteiger partial charge in [0.05, 0.1) is 11.1 Å². The summed E-state index contributed by atoms with van der Waals surface area (Å²) in [6.07, 6.45) is 0.809. The third kappa shape index (κ3) is 5.17. The van der Waals surface area contributed by atoms with Gasteiger partial charge in [0.15, 0.2) is 17.3 Å². The Morgan fingerprint density at radius 3 is 2.62 bits per heavy atom. The molecule has 0 radical (unpaired) electrons. The molecule has 5 aromatic rings. The number of hydrogen-bond acceptors (Lipinski definition) is 8. The highest BCUT2D eigenvalue weighted by Gasteiger charge is 2.33. The van der Waals surface area contributed by atoms with Crippen molar-refractivity contribution in [3.63, 3.8) is 0 Å². The average molecular weight is 543 g/mol. The Kier molecular flexibility index (Phi) is 6.66. The van der Waals surface area contributed by atoms with Gasteiger partial charge >= 0.3 is 0 Å². The topological polar surface area (TPSA) is 98.2 Å². The van der Waals surface area contributed by atoms with Crippen LogP contribution in [0.5, 0.6) is 11.5 Å². The van der Waals surface area contributed by atoms with Gasteiger partial charge in [0.1, 0.15) is 6.04 Å². The van der Waals surface area contributed by atoms with Crippen LogP contribution in [0.3, 0.4) is 0 Å². The molecule has 1 aliphatic heterocycles. The van der Waals surface area contributed by atoms with Crippen LogP contribution in [-0.2, 0) is 18.5 Å². The van der Waals surface area contributed by atoms with Crippen molar-refractivity contribution in [3.8, 4) is 11.5 Å². The van der Waals surface area contributed by atoms with Crippen LogP contribution in [-0.4, -0.2) is 43.4 Å². The largest absolute Gasteiger partial charge is 0.454 e. The lowest BCUT2D eigenvalue weighted by Gasteiger charge is -2.32. The third-order valence-corrected chi connectivity index (χ3v) is 7.73. The van der Waals surface area contributed by atoms with Crippen molar-refractivity contribution in [1.82, 2.24) is 30.1 Å². The first-order valence-electron chi connectivity index (χ1n) is 12.9. The van der Waals surface area contributed by atoms with Gasteiger partial charge in [-0.1, -0.05) is 36.4 Å². The first kappa shape index (κ1) is 25.3. The van der Waals surface area contributed by atoms with E-state index < -0.39 is 6.04 Å². The van der Waals surface area contributed by atoms with Crippen molar-refractivity contribution < 1.29 is 9.47 Å². The Balaban J connectivity index is 1.51. The second-order valence-corrected chi connectivity index (χ2v) is 11.7. The Labute approximate surface area is 230 Å². The SMILES string of the molecule is CC(C)(C)n1nnnc1C(c1cc2cc3c(cc2[nH]c1=O)OCO3)N(CCc1ccccc1)Cc1cccs1. The van der Waals surface area contributed by atoms with Crippen molar-refractivity contribution in [3.05, 3.63) is 98.2 Å². The van der Waals surface area contributed by atoms with Gasteiger partial charge in [0.2, 0.25) is 6.79 Å². The molecule has 1 atom stereocenters. The number of aromatic nitrogens is 5. The standard InChI is InChI=1S/C29H30N6O3S/c1-29(2,3)35-27(31-32-33-35)26(22-14-20-15-24-25(38-18-37-24)16-23(20)30-28(22)36)34(17-21-10-7-13-39-21)12-11-19-8-5-4-6-9-19/h4-10,13-16,26H,11-12,17-18H2,1-3H3,(H,30,36). The van der Waals surface area contributed by atoms with Crippen molar-refractivity contribution in [1.29, 1.82) is 0 Å². The van der Waals surface area contributed by atoms with Gasteiger partial charge in [-0.25, -0.2) is 4.68 Å². The summed E-state index contributed by atoms with van der Waals surface area (Å²) in [6, 6.07) is 19.7. The number of pyridine rings is 1. The summed E-state index contributed by atoms with van der Waals surface area (Å²) in [6.45, 7) is 7.68. The molecule has 1 N–H and O–H groups in total. The maximum atomic E-state index is 13.8. The van der Waals surface area contributed by atoms with Gasteiger partial charge in [0, 0.05) is 35.0 Å². The molecule has 0 aliphatic carbocycles. The molecule has 1 unspecified atom stereocenters. The number of ether oxygens (including phenoxy) is 2. The van der Waals surface area contributed by atoms with Crippen LogP contribution in [0.2, 0.25) is 0 Å². The van der Waals surface area contributed by atoms with E-state index in [4.69, 9.17) is 9.47 Å². The quantitative estimate of drug-likeness (QED) is 0.298. The lowest BCUT2D eigenvalue weighted by atomic mass is 10.0. The second-order valence-electron chi connectivity index (χ2n) is 10.7. The zero-order chi connectivity index (χ0) is 27.0. The summed E-state index contributed by atoms with van der Waals surface area (Å²) < 4.78 is 13.0. The molecule has 9 nitrogen and oxygen atoms in total. The molecule has 2 aromatic carbocycles. The highest BCUT2D eigenvalue weighted by atomic mass is 32.1. The molecule has 0 amide bonds. The molecule has 0 bridgehead atoms. The Bertz CT molecular complexity index is 1640. The number of rotatable bonds is 8. The number of fused-ring (bicyclic) bond motifs is 2. The fraction of sp³-hybridized carbons (Fsp3) is 0.310. The van der Waals surface area contributed by atoms with E-state index in [0.717, 1.165) is 11.8 Å². The molecule has 0 saturated carbocycles. The molecular weight excluding hydrogens is 512 g/mol. The first-order chi connectivity index (χ1) is 18.9. The maximum absolute atomic E-state index is 13.8. The third-order valence-electron chi connectivity index (χ3n) is 6.87. The molecular formula is C29H30N6O3S. The first-order valence-corrected chi connectivity index (χ1v) is 13.8. The lowest BCUT2D eigenvalue weighted by molar-refractivity contribution is 0.174. The van der Waals surface area contributed by atoms with Crippen LogP contribution in [0.15, 0.2) is 70.8 Å². The summed E-state index contributed by atoms with van der Waals surface area (Å²) in [4.78, 5) is 20.4. The van der Waals surface area contributed by atoms with Crippen LogP contribution >= 0.6 is 11.3 Å². The number of nitrogens with one attached hydrogen (secondary N) is 1. The Morgan fingerprint density at radius 1 is 1.08 bits per heavy atom. The number of tetrazole rings is 1. The van der Waals surface area contributed by atoms with Crippen molar-refractivity contribution in [2.45, 2.75) is 45.3 Å². The molecule has 200 valence electrons. The van der Waals surface area contributed by atoms with Crippen molar-refractivity contribution in [2.24, 2.45) is 0 Å². The van der Waals surface area contributed by atoms with Crippen LogP contribution < -0.4 is 15.0 Å². The van der Waals surface area contributed by atoms with E-state index in [9.17, 15) is 4.79 Å². The predicted molar refractivity (Wildman–Crippen MR) is 150 cm³/mol. The summed E-state index contributed by atoms with van der Waals surface area (Å²) in [5, 5.41) is 15.9. The molecule has 4 heterocycles. The van der Waals surface area contributed by atoms with E-state index in [-0.39, 0.29) is 17.9 Å². The predicted octanol–water partition coefficient (Wildman–Crippen LogP) is 4.89. The number of hydrogen-bond donors (Lipinski definition) is 1. The van der Waals surface area contributed by atoms with Crippen molar-refractivity contribution in [2.75, 3.05) is 13.3 Å². The van der Waals surface area contributed by atoms with Crippen LogP contribution in [0.25, 0.3) is 10.9 Å². The van der Waals surface area contributed by atoms with Gasteiger partial charge in [0.25, 0.3) is 5.56 Å². The number of aromatic amines is 1. The number of thiophene rings is 1. The Hall–Kier alpha value is -4.02. The monoisotopic (exact) mass is 542 g/mol. The normalized spacial score (nSPS) is 13.8. The van der Waals surface area contributed by atoms with Gasteiger partial charge in [-0.15, -0.1) is 16.4 Å². The molecule has 10 heteroatoms. The zero-order valence-electron chi connectivity index (χ0n) is 22.1. The van der Waals surface area contributed by atoms with Crippen molar-refractivity contribution >= 4 is 22.2 Å². The minimum Gasteiger partial charge on any atom is -0.454 e. The van der Waals surface area contributed by atoms with Gasteiger partial charge in [-0.3, -0.25) is 9.69 Å². The van der Waals surface area contributed by atoms with E-state index >= 15 is 0 Å². The van der Waals surface area contributed by atoms with E-state index in [1.807, 2.05) is 28.9 Å². The van der Waals surface area contributed by atoms with Gasteiger partial charge < -0.3 is 14.5 Å². The molecule has 39 heavy (non-hydrogen) atoms. The van der Waals surface area contributed by atoms with E-state index in [0.29, 0.717) is 41.5 Å². The summed E-state index contributed by atoms with van der Waals surface area (Å²) in [5.41, 5.74) is 1.91. The summed E-state index contributed by atoms with van der Waals surface area (Å²) >= 11 is 1.70. The highest BCUT2D eigenvalue weighted by Crippen LogP contribution is 2.37. The number of benzene rings is 2.